The third-order valence-corrected chi connectivity index (χ3v) is 4.33. The van der Waals surface area contributed by atoms with Crippen LogP contribution in [0.25, 0.3) is 0 Å². The summed E-state index contributed by atoms with van der Waals surface area (Å²) >= 11 is 0. The molecule has 2 atom stereocenters. The van der Waals surface area contributed by atoms with Crippen molar-refractivity contribution in [3.8, 4) is 11.5 Å². The molecule has 2 aliphatic heterocycles. The van der Waals surface area contributed by atoms with Crippen LogP contribution in [-0.2, 0) is 9.47 Å². The Bertz CT molecular complexity index is 515. The fourth-order valence-electron chi connectivity index (χ4n) is 3.02. The van der Waals surface area contributed by atoms with E-state index in [9.17, 15) is 0 Å². The van der Waals surface area contributed by atoms with Gasteiger partial charge in [0.15, 0.2) is 11.5 Å². The van der Waals surface area contributed by atoms with Crippen LogP contribution >= 0.6 is 0 Å². The molecule has 134 valence electrons. The van der Waals surface area contributed by atoms with E-state index in [1.54, 1.807) is 7.11 Å². The molecule has 2 heterocycles. The lowest BCUT2D eigenvalue weighted by molar-refractivity contribution is 0.0694. The molecule has 1 fully saturated rings. The number of fused-ring (bicyclic) bond motifs is 1. The third kappa shape index (κ3) is 4.58. The zero-order valence-corrected chi connectivity index (χ0v) is 14.2. The molecule has 0 saturated carbocycles. The van der Waals surface area contributed by atoms with E-state index in [-0.39, 0.29) is 6.04 Å². The van der Waals surface area contributed by atoms with Crippen LogP contribution in [0, 0.1) is 5.92 Å². The van der Waals surface area contributed by atoms with Gasteiger partial charge in [-0.05, 0) is 30.7 Å². The molecule has 2 aliphatic rings. The Morgan fingerprint density at radius 1 is 1.21 bits per heavy atom. The van der Waals surface area contributed by atoms with Gasteiger partial charge >= 0.3 is 0 Å². The van der Waals surface area contributed by atoms with Crippen molar-refractivity contribution in [3.63, 3.8) is 0 Å². The number of nitrogens with one attached hydrogen (secondary N) is 3. The highest BCUT2D eigenvalue weighted by molar-refractivity contribution is 5.45. The fourth-order valence-corrected chi connectivity index (χ4v) is 3.02. The molecular weight excluding hydrogens is 310 g/mol. The van der Waals surface area contributed by atoms with Crippen molar-refractivity contribution in [2.24, 2.45) is 5.92 Å². The average Bonchev–Trinajstić information content (AvgIpc) is 3.25. The van der Waals surface area contributed by atoms with E-state index >= 15 is 0 Å². The number of hydrazine groups is 1. The van der Waals surface area contributed by atoms with Crippen molar-refractivity contribution in [3.05, 3.63) is 23.8 Å². The molecule has 1 aromatic rings. The minimum atomic E-state index is 0.268. The Morgan fingerprint density at radius 2 is 2.12 bits per heavy atom. The number of rotatable bonds is 10. The first-order valence-corrected chi connectivity index (χ1v) is 8.54. The maximum Gasteiger partial charge on any atom is 0.231 e. The van der Waals surface area contributed by atoms with E-state index in [2.05, 4.69) is 28.3 Å². The molecule has 0 aliphatic carbocycles. The molecule has 7 nitrogen and oxygen atoms in total. The van der Waals surface area contributed by atoms with Crippen molar-refractivity contribution in [1.29, 1.82) is 0 Å². The predicted octanol–water partition coefficient (Wildman–Crippen LogP) is 0.823. The van der Waals surface area contributed by atoms with Gasteiger partial charge in [-0.1, -0.05) is 6.07 Å². The van der Waals surface area contributed by atoms with Crippen LogP contribution in [0.15, 0.2) is 18.2 Å². The van der Waals surface area contributed by atoms with Gasteiger partial charge < -0.3 is 24.3 Å². The van der Waals surface area contributed by atoms with E-state index in [0.717, 1.165) is 44.2 Å². The first-order chi connectivity index (χ1) is 11.9. The summed E-state index contributed by atoms with van der Waals surface area (Å²) in [5, 5.41) is 3.52. The predicted molar refractivity (Wildman–Crippen MR) is 90.1 cm³/mol. The van der Waals surface area contributed by atoms with Gasteiger partial charge in [0.25, 0.3) is 0 Å². The van der Waals surface area contributed by atoms with E-state index in [0.29, 0.717) is 25.9 Å². The average molecular weight is 337 g/mol. The second-order valence-corrected chi connectivity index (χ2v) is 6.04. The fraction of sp³-hybridized carbons (Fsp3) is 0.647. The summed E-state index contributed by atoms with van der Waals surface area (Å²) in [7, 11) is 1.69. The topological polar surface area (TPSA) is 73.0 Å². The molecule has 24 heavy (non-hydrogen) atoms. The van der Waals surface area contributed by atoms with Crippen molar-refractivity contribution >= 4 is 0 Å². The molecule has 1 aromatic carbocycles. The van der Waals surface area contributed by atoms with Gasteiger partial charge in [-0.15, -0.1) is 0 Å². The summed E-state index contributed by atoms with van der Waals surface area (Å²) in [5.74, 6) is 2.15. The highest BCUT2D eigenvalue weighted by Crippen LogP contribution is 2.36. The van der Waals surface area contributed by atoms with Crippen molar-refractivity contribution in [2.45, 2.75) is 12.5 Å². The monoisotopic (exact) mass is 337 g/mol. The van der Waals surface area contributed by atoms with Crippen LogP contribution in [0.5, 0.6) is 11.5 Å². The quantitative estimate of drug-likeness (QED) is 0.546. The lowest BCUT2D eigenvalue weighted by Crippen LogP contribution is -2.29. The minimum Gasteiger partial charge on any atom is -0.454 e. The molecule has 0 radical (unpaired) electrons. The maximum atomic E-state index is 5.48. The highest BCUT2D eigenvalue weighted by atomic mass is 16.7. The molecule has 0 aromatic heterocycles. The van der Waals surface area contributed by atoms with Crippen LogP contribution in [0.2, 0.25) is 0 Å². The van der Waals surface area contributed by atoms with E-state index < -0.39 is 0 Å². The van der Waals surface area contributed by atoms with Gasteiger partial charge in [-0.3, -0.25) is 5.43 Å². The van der Waals surface area contributed by atoms with Gasteiger partial charge in [0.1, 0.15) is 0 Å². The van der Waals surface area contributed by atoms with Gasteiger partial charge in [0.05, 0.1) is 19.3 Å². The van der Waals surface area contributed by atoms with E-state index in [1.807, 2.05) is 6.07 Å². The zero-order valence-electron chi connectivity index (χ0n) is 14.2. The van der Waals surface area contributed by atoms with Gasteiger partial charge in [0, 0.05) is 32.7 Å². The number of benzene rings is 1. The van der Waals surface area contributed by atoms with E-state index in [1.165, 1.54) is 5.56 Å². The minimum absolute atomic E-state index is 0.268. The van der Waals surface area contributed by atoms with Crippen LogP contribution in [0.1, 0.15) is 18.0 Å². The smallest absolute Gasteiger partial charge is 0.231 e. The normalized spacial score (nSPS) is 22.2. The summed E-state index contributed by atoms with van der Waals surface area (Å²) < 4.78 is 21.3. The Kier molecular flexibility index (Phi) is 6.68. The Morgan fingerprint density at radius 3 is 3.04 bits per heavy atom. The molecular formula is C17H27N3O4. The third-order valence-electron chi connectivity index (χ3n) is 4.33. The number of hydrogen-bond acceptors (Lipinski definition) is 7. The SMILES string of the molecule is COCCOCCCNCC1CNNC1c1ccc2c(c1)OCO2. The summed E-state index contributed by atoms with van der Waals surface area (Å²) in [6.45, 7) is 5.25. The molecule has 3 N–H and O–H groups in total. The second kappa shape index (κ2) is 9.19. The molecule has 3 rings (SSSR count). The first-order valence-electron chi connectivity index (χ1n) is 8.54. The molecule has 0 amide bonds. The number of methoxy groups -OCH3 is 1. The lowest BCUT2D eigenvalue weighted by atomic mass is 9.94. The van der Waals surface area contributed by atoms with Crippen LogP contribution < -0.4 is 25.6 Å². The zero-order chi connectivity index (χ0) is 16.6. The van der Waals surface area contributed by atoms with Crippen molar-refractivity contribution < 1.29 is 18.9 Å². The Labute approximate surface area is 143 Å². The number of hydrogen-bond donors (Lipinski definition) is 3. The summed E-state index contributed by atoms with van der Waals surface area (Å²) in [5.41, 5.74) is 7.85. The van der Waals surface area contributed by atoms with Crippen LogP contribution in [0.4, 0.5) is 0 Å². The highest BCUT2D eigenvalue weighted by Gasteiger charge is 2.29. The summed E-state index contributed by atoms with van der Waals surface area (Å²) in [4.78, 5) is 0. The van der Waals surface area contributed by atoms with E-state index in [4.69, 9.17) is 18.9 Å². The molecule has 0 spiro atoms. The molecule has 1 saturated heterocycles. The van der Waals surface area contributed by atoms with Crippen LogP contribution in [-0.4, -0.2) is 53.4 Å². The Hall–Kier alpha value is -1.38. The van der Waals surface area contributed by atoms with Gasteiger partial charge in [-0.2, -0.15) is 0 Å². The summed E-state index contributed by atoms with van der Waals surface area (Å²) in [6, 6.07) is 6.43. The largest absolute Gasteiger partial charge is 0.454 e. The van der Waals surface area contributed by atoms with Gasteiger partial charge in [0.2, 0.25) is 6.79 Å². The molecule has 0 bridgehead atoms. The maximum absolute atomic E-state index is 5.48. The molecule has 2 unspecified atom stereocenters. The van der Waals surface area contributed by atoms with Crippen molar-refractivity contribution in [2.75, 3.05) is 53.4 Å². The summed E-state index contributed by atoms with van der Waals surface area (Å²) in [6.07, 6.45) is 1.01. The molecule has 7 heteroatoms. The van der Waals surface area contributed by atoms with Gasteiger partial charge in [-0.25, -0.2) is 5.43 Å². The van der Waals surface area contributed by atoms with Crippen molar-refractivity contribution in [1.82, 2.24) is 16.2 Å². The van der Waals surface area contributed by atoms with Crippen LogP contribution in [0.3, 0.4) is 0 Å². The second-order valence-electron chi connectivity index (χ2n) is 6.04. The Balaban J connectivity index is 1.39. The lowest BCUT2D eigenvalue weighted by Gasteiger charge is -2.19. The first kappa shape index (κ1) is 17.4. The number of ether oxygens (including phenoxy) is 4. The standard InChI is InChI=1S/C17H27N3O4/c1-21-7-8-22-6-2-5-18-10-14-11-19-20-17(14)13-3-4-15-16(9-13)24-12-23-15/h3-4,9,14,17-20H,2,5-8,10-12H2,1H3.